The van der Waals surface area contributed by atoms with Crippen LogP contribution in [-0.4, -0.2) is 12.3 Å². The molecule has 0 fully saturated rings. The number of benzene rings is 4. The SMILES string of the molecule is Nc1ccc(Oc2ccc(C(c3ccc(Oc4ccc(N)cc4)cc3)(C(F)(F)F)C(F)(F)OF)cc2)cc1. The van der Waals surface area contributed by atoms with Crippen LogP contribution in [0.3, 0.4) is 0 Å². The summed E-state index contributed by atoms with van der Waals surface area (Å²) in [6.07, 6.45) is -11.1. The normalized spacial score (nSPS) is 12.3. The van der Waals surface area contributed by atoms with Crippen LogP contribution in [0.25, 0.3) is 0 Å². The van der Waals surface area contributed by atoms with Gasteiger partial charge in [0, 0.05) is 11.4 Å². The van der Waals surface area contributed by atoms with Gasteiger partial charge in [-0.15, -0.1) is 4.94 Å². The highest BCUT2D eigenvalue weighted by atomic mass is 19.4. The van der Waals surface area contributed by atoms with Gasteiger partial charge in [-0.05, 0) is 88.4 Å². The van der Waals surface area contributed by atoms with Gasteiger partial charge >= 0.3 is 12.3 Å². The Morgan fingerprint density at radius 2 is 0.763 bits per heavy atom. The van der Waals surface area contributed by atoms with Gasteiger partial charge in [0.2, 0.25) is 5.41 Å². The van der Waals surface area contributed by atoms with Gasteiger partial charge in [0.25, 0.3) is 0 Å². The van der Waals surface area contributed by atoms with Gasteiger partial charge in [0.05, 0.1) is 0 Å². The van der Waals surface area contributed by atoms with E-state index in [1.54, 1.807) is 0 Å². The Morgan fingerprint density at radius 1 is 0.474 bits per heavy atom. The minimum atomic E-state index is -5.71. The Labute approximate surface area is 213 Å². The molecule has 4 rings (SSSR count). The van der Waals surface area contributed by atoms with Crippen molar-refractivity contribution in [3.8, 4) is 23.0 Å². The minimum absolute atomic E-state index is 0.0475. The fourth-order valence-corrected chi connectivity index (χ4v) is 3.94. The van der Waals surface area contributed by atoms with Crippen molar-refractivity contribution in [1.29, 1.82) is 0 Å². The van der Waals surface area contributed by atoms with Gasteiger partial charge < -0.3 is 20.9 Å². The summed E-state index contributed by atoms with van der Waals surface area (Å²) in [7, 11) is 0. The molecule has 0 aliphatic carbocycles. The molecule has 4 N–H and O–H groups in total. The quantitative estimate of drug-likeness (QED) is 0.178. The van der Waals surface area contributed by atoms with Gasteiger partial charge in [-0.2, -0.15) is 22.0 Å². The Hall–Kier alpha value is -4.38. The molecule has 198 valence electrons. The molecule has 0 amide bonds. The van der Waals surface area contributed by atoms with Gasteiger partial charge in [0.15, 0.2) is 0 Å². The van der Waals surface area contributed by atoms with E-state index in [-0.39, 0.29) is 11.5 Å². The molecule has 4 aromatic rings. The second-order valence-electron chi connectivity index (χ2n) is 8.23. The monoisotopic (exact) mass is 534 g/mol. The first kappa shape index (κ1) is 26.7. The summed E-state index contributed by atoms with van der Waals surface area (Å²) in [6, 6.07) is 19.5. The molecule has 5 nitrogen and oxygen atoms in total. The first-order chi connectivity index (χ1) is 18.0. The van der Waals surface area contributed by atoms with Crippen molar-refractivity contribution in [2.24, 2.45) is 0 Å². The van der Waals surface area contributed by atoms with Crippen LogP contribution < -0.4 is 20.9 Å². The number of hydrogen-bond donors (Lipinski definition) is 2. The van der Waals surface area contributed by atoms with E-state index in [0.717, 1.165) is 48.5 Å². The topological polar surface area (TPSA) is 79.7 Å². The Morgan fingerprint density at radius 3 is 1.03 bits per heavy atom. The van der Waals surface area contributed by atoms with Gasteiger partial charge in [-0.3, -0.25) is 0 Å². The van der Waals surface area contributed by atoms with Crippen molar-refractivity contribution < 1.29 is 40.9 Å². The van der Waals surface area contributed by atoms with E-state index < -0.39 is 28.8 Å². The summed E-state index contributed by atoms with van der Waals surface area (Å²) in [6.45, 7) is 0. The third-order valence-corrected chi connectivity index (χ3v) is 5.76. The van der Waals surface area contributed by atoms with Gasteiger partial charge in [-0.1, -0.05) is 24.3 Å². The van der Waals surface area contributed by atoms with Crippen LogP contribution >= 0.6 is 0 Å². The Kier molecular flexibility index (Phi) is 7.14. The summed E-state index contributed by atoms with van der Waals surface area (Å²) in [4.78, 5) is 2.67. The molecular formula is C27H20F6N2O3. The molecular weight excluding hydrogens is 514 g/mol. The third-order valence-electron chi connectivity index (χ3n) is 5.76. The summed E-state index contributed by atoms with van der Waals surface area (Å²) in [5.41, 5.74) is 5.95. The van der Waals surface area contributed by atoms with E-state index in [0.29, 0.717) is 22.9 Å². The smallest absolute Gasteiger partial charge is 0.411 e. The van der Waals surface area contributed by atoms with Crippen molar-refractivity contribution in [3.05, 3.63) is 108 Å². The third kappa shape index (κ3) is 5.05. The number of ether oxygens (including phenoxy) is 2. The first-order valence-electron chi connectivity index (χ1n) is 11.0. The molecule has 11 heteroatoms. The first-order valence-corrected chi connectivity index (χ1v) is 11.0. The van der Waals surface area contributed by atoms with Crippen LogP contribution in [-0.2, 0) is 10.4 Å². The van der Waals surface area contributed by atoms with E-state index in [9.17, 15) is 26.5 Å². The Balaban J connectivity index is 1.74. The molecule has 0 aliphatic heterocycles. The van der Waals surface area contributed by atoms with Crippen molar-refractivity contribution >= 4 is 11.4 Å². The fraction of sp³-hybridized carbons (Fsp3) is 0.111. The van der Waals surface area contributed by atoms with E-state index in [1.807, 2.05) is 0 Å². The summed E-state index contributed by atoms with van der Waals surface area (Å²) < 4.78 is 97.8. The van der Waals surface area contributed by atoms with E-state index in [4.69, 9.17) is 20.9 Å². The number of hydrogen-bond acceptors (Lipinski definition) is 5. The predicted octanol–water partition coefficient (Wildman–Crippen LogP) is 7.78. The molecule has 4 aromatic carbocycles. The maximum absolute atomic E-state index is 14.9. The van der Waals surface area contributed by atoms with Crippen molar-refractivity contribution in [3.63, 3.8) is 0 Å². The van der Waals surface area contributed by atoms with Gasteiger partial charge in [-0.25, -0.2) is 0 Å². The average Bonchev–Trinajstić information content (AvgIpc) is 2.88. The molecule has 0 aromatic heterocycles. The van der Waals surface area contributed by atoms with Crippen molar-refractivity contribution in [2.75, 3.05) is 11.5 Å². The predicted molar refractivity (Wildman–Crippen MR) is 129 cm³/mol. The molecule has 0 radical (unpaired) electrons. The van der Waals surface area contributed by atoms with E-state index >= 15 is 0 Å². The number of rotatable bonds is 8. The maximum Gasteiger partial charge on any atom is 0.411 e. The molecule has 0 aliphatic rings. The lowest BCUT2D eigenvalue weighted by Crippen LogP contribution is -2.57. The van der Waals surface area contributed by atoms with Crippen molar-refractivity contribution in [1.82, 2.24) is 0 Å². The summed E-state index contributed by atoms with van der Waals surface area (Å²) in [5.74, 6) is 0.712. The Bertz CT molecular complexity index is 1270. The standard InChI is InChI=1S/C27H20F6N2O3/c28-26(29,30)25(27(31,32)38-33,17-1-9-21(10-2-17)36-23-13-5-19(34)6-14-23)18-3-11-22(12-4-18)37-24-15-7-20(35)8-16-24/h1-16H,34-35H2. The van der Waals surface area contributed by atoms with Crippen LogP contribution in [0.1, 0.15) is 11.1 Å². The highest BCUT2D eigenvalue weighted by Gasteiger charge is 2.73. The lowest BCUT2D eigenvalue weighted by atomic mass is 9.72. The number of alkyl halides is 5. The number of halogens is 6. The molecule has 0 saturated heterocycles. The molecule has 0 heterocycles. The van der Waals surface area contributed by atoms with E-state index in [2.05, 4.69) is 4.94 Å². The second kappa shape index (κ2) is 10.2. The van der Waals surface area contributed by atoms with Crippen molar-refractivity contribution in [2.45, 2.75) is 17.7 Å². The molecule has 0 spiro atoms. The van der Waals surface area contributed by atoms with Gasteiger partial charge in [0.1, 0.15) is 23.0 Å². The van der Waals surface area contributed by atoms with Crippen LogP contribution in [0.4, 0.5) is 37.9 Å². The lowest BCUT2D eigenvalue weighted by Gasteiger charge is -2.39. The maximum atomic E-state index is 14.9. The number of nitrogen functional groups attached to an aromatic ring is 2. The summed E-state index contributed by atoms with van der Waals surface area (Å²) in [5, 5.41) is 0. The number of nitrogens with two attached hydrogens (primary N) is 2. The highest BCUT2D eigenvalue weighted by Crippen LogP contribution is 2.56. The summed E-state index contributed by atoms with van der Waals surface area (Å²) >= 11 is 0. The van der Waals surface area contributed by atoms with E-state index in [1.165, 1.54) is 48.5 Å². The molecule has 38 heavy (non-hydrogen) atoms. The number of anilines is 2. The van der Waals surface area contributed by atoms with Crippen LogP contribution in [0.2, 0.25) is 0 Å². The zero-order valence-electron chi connectivity index (χ0n) is 19.4. The minimum Gasteiger partial charge on any atom is -0.457 e. The zero-order chi connectivity index (χ0) is 27.6. The highest BCUT2D eigenvalue weighted by molar-refractivity contribution is 5.49. The molecule has 0 atom stereocenters. The molecule has 0 saturated carbocycles. The van der Waals surface area contributed by atoms with Crippen LogP contribution in [0, 0.1) is 0 Å². The average molecular weight is 534 g/mol. The molecule has 0 bridgehead atoms. The molecule has 0 unspecified atom stereocenters. The lowest BCUT2D eigenvalue weighted by molar-refractivity contribution is -0.411. The fourth-order valence-electron chi connectivity index (χ4n) is 3.94. The van der Waals surface area contributed by atoms with Crippen LogP contribution in [0.15, 0.2) is 97.1 Å². The largest absolute Gasteiger partial charge is 0.457 e. The second-order valence-corrected chi connectivity index (χ2v) is 8.23. The van der Waals surface area contributed by atoms with Crippen LogP contribution in [0.5, 0.6) is 23.0 Å². The zero-order valence-corrected chi connectivity index (χ0v) is 19.4.